The largest absolute Gasteiger partial charge is 0.507 e. The van der Waals surface area contributed by atoms with Crippen LogP contribution in [0.1, 0.15) is 88.3 Å². The Morgan fingerprint density at radius 2 is 1.88 bits per heavy atom. The van der Waals surface area contributed by atoms with E-state index in [4.69, 9.17) is 21.4 Å². The van der Waals surface area contributed by atoms with Crippen molar-refractivity contribution in [1.82, 2.24) is 0 Å². The summed E-state index contributed by atoms with van der Waals surface area (Å²) in [6.45, 7) is 3.44. The molecule has 0 bridgehead atoms. The minimum Gasteiger partial charge on any atom is -0.507 e. The van der Waals surface area contributed by atoms with Crippen molar-refractivity contribution < 1.29 is 47.2 Å². The van der Waals surface area contributed by atoms with Crippen molar-refractivity contribution in [1.29, 1.82) is 0 Å². The summed E-state index contributed by atoms with van der Waals surface area (Å²) in [6, 6.07) is 7.40. The molecule has 12 heteroatoms. The smallest absolute Gasteiger partial charge is 0.416 e. The molecular formula is C36H33F3O8S. The van der Waals surface area contributed by atoms with Gasteiger partial charge in [-0.1, -0.05) is 74.1 Å². The number of carboxylic acid groups (broad SMARTS) is 1. The van der Waals surface area contributed by atoms with Gasteiger partial charge in [0.15, 0.2) is 11.2 Å². The standard InChI is InChI=1S/C36H33F3O8S/c1-3-10-24-28(17-16-22(20(2)40)31(24)41)46-18-9-5-4-6-12-26(32(42)23-11-7-8-13-27(23)36(37,38)39)30-33(43)25-15-14-21(48)19-29(25)47-34(30)35(44)45/h4-8,11-13,15-17,19,26,32,41-42H,3,9-10,14,18H2,1-2H3,(H,44,45)/b5-4-,12-6+/t26-,32-/m0/s1. The maximum absolute atomic E-state index is 13.9. The van der Waals surface area contributed by atoms with Gasteiger partial charge in [0.25, 0.3) is 0 Å². The second-order valence-electron chi connectivity index (χ2n) is 11.0. The third-order valence-corrected chi connectivity index (χ3v) is 7.97. The van der Waals surface area contributed by atoms with Gasteiger partial charge in [-0.25, -0.2) is 4.79 Å². The van der Waals surface area contributed by atoms with Crippen LogP contribution >= 0.6 is 12.2 Å². The number of fused-ring (bicyclic) bond motifs is 1. The number of allylic oxidation sites excluding steroid dienone is 2. The highest BCUT2D eigenvalue weighted by molar-refractivity contribution is 7.81. The first-order valence-electron chi connectivity index (χ1n) is 15.1. The van der Waals surface area contributed by atoms with Gasteiger partial charge in [0, 0.05) is 22.8 Å². The van der Waals surface area contributed by atoms with Gasteiger partial charge in [-0.15, -0.1) is 0 Å². The second kappa shape index (κ2) is 15.4. The molecule has 2 aromatic carbocycles. The summed E-state index contributed by atoms with van der Waals surface area (Å²) in [6.07, 6.45) is 3.48. The minimum atomic E-state index is -4.85. The number of aliphatic hydroxyl groups is 1. The van der Waals surface area contributed by atoms with Crippen molar-refractivity contribution in [3.63, 3.8) is 0 Å². The lowest BCUT2D eigenvalue weighted by atomic mass is 9.85. The zero-order valence-electron chi connectivity index (χ0n) is 26.0. The van der Waals surface area contributed by atoms with Crippen LogP contribution in [0, 0.1) is 0 Å². The molecule has 1 heterocycles. The summed E-state index contributed by atoms with van der Waals surface area (Å²) in [7, 11) is 0. The topological polar surface area (TPSA) is 134 Å². The number of aliphatic hydroxyl groups excluding tert-OH is 1. The van der Waals surface area contributed by atoms with Crippen LogP contribution in [0.5, 0.6) is 11.5 Å². The molecule has 0 saturated carbocycles. The Hall–Kier alpha value is -4.81. The third-order valence-electron chi connectivity index (χ3n) is 7.69. The van der Waals surface area contributed by atoms with Crippen LogP contribution in [0.25, 0.3) is 12.2 Å². The number of rotatable bonds is 13. The van der Waals surface area contributed by atoms with Gasteiger partial charge >= 0.3 is 12.1 Å². The van der Waals surface area contributed by atoms with E-state index in [1.165, 1.54) is 49.4 Å². The molecule has 0 saturated heterocycles. The number of benzene rings is 2. The summed E-state index contributed by atoms with van der Waals surface area (Å²) in [5, 5.41) is 31.9. The zero-order chi connectivity index (χ0) is 35.2. The summed E-state index contributed by atoms with van der Waals surface area (Å²) >= 11 is 5.15. The van der Waals surface area contributed by atoms with E-state index in [0.717, 1.165) is 18.2 Å². The summed E-state index contributed by atoms with van der Waals surface area (Å²) < 4.78 is 53.2. The number of carbonyl (C=O) groups is 2. The predicted octanol–water partition coefficient (Wildman–Crippen LogP) is 5.95. The van der Waals surface area contributed by atoms with Gasteiger partial charge < -0.3 is 24.5 Å². The van der Waals surface area contributed by atoms with Gasteiger partial charge in [0.1, 0.15) is 16.9 Å². The Kier molecular flexibility index (Phi) is 11.6. The number of hydrogen-bond acceptors (Lipinski definition) is 8. The van der Waals surface area contributed by atoms with Crippen molar-refractivity contribution >= 4 is 41.0 Å². The fourth-order valence-electron chi connectivity index (χ4n) is 5.44. The van der Waals surface area contributed by atoms with Crippen LogP contribution < -0.4 is 20.8 Å². The molecule has 0 spiro atoms. The number of Topliss-reactive ketones (excluding diaryl/α,β-unsaturated/α-hetero) is 1. The van der Waals surface area contributed by atoms with Crippen LogP contribution in [0.4, 0.5) is 13.2 Å². The number of ketones is 1. The molecule has 2 atom stereocenters. The molecule has 1 aromatic heterocycles. The van der Waals surface area contributed by atoms with Crippen molar-refractivity contribution in [2.75, 3.05) is 6.61 Å². The van der Waals surface area contributed by atoms with Crippen molar-refractivity contribution in [3.8, 4) is 11.5 Å². The number of halogens is 3. The quantitative estimate of drug-likeness (QED) is 0.0866. The molecule has 8 nitrogen and oxygen atoms in total. The Bertz CT molecular complexity index is 1970. The van der Waals surface area contributed by atoms with Crippen molar-refractivity contribution in [3.05, 3.63) is 115 Å². The molecule has 1 aliphatic carbocycles. The summed E-state index contributed by atoms with van der Waals surface area (Å²) in [5.74, 6) is -4.02. The van der Waals surface area contributed by atoms with Crippen molar-refractivity contribution in [2.24, 2.45) is 0 Å². The van der Waals surface area contributed by atoms with Crippen molar-refractivity contribution in [2.45, 2.75) is 57.7 Å². The van der Waals surface area contributed by atoms with Crippen LogP contribution in [-0.2, 0) is 12.6 Å². The third kappa shape index (κ3) is 8.00. The molecule has 0 amide bonds. The van der Waals surface area contributed by atoms with E-state index in [0.29, 0.717) is 35.4 Å². The molecule has 3 aromatic rings. The maximum Gasteiger partial charge on any atom is 0.416 e. The highest BCUT2D eigenvalue weighted by Gasteiger charge is 2.38. The fourth-order valence-corrected chi connectivity index (χ4v) is 5.63. The summed E-state index contributed by atoms with van der Waals surface area (Å²) in [5.41, 5.74) is -2.40. The highest BCUT2D eigenvalue weighted by atomic mass is 32.1. The number of hydrogen-bond donors (Lipinski definition) is 3. The van der Waals surface area contributed by atoms with Crippen LogP contribution in [0.15, 0.2) is 69.9 Å². The Morgan fingerprint density at radius 1 is 1.15 bits per heavy atom. The zero-order valence-corrected chi connectivity index (χ0v) is 26.9. The first kappa shape index (κ1) is 36.0. The Morgan fingerprint density at radius 3 is 2.54 bits per heavy atom. The van der Waals surface area contributed by atoms with E-state index < -0.39 is 52.0 Å². The maximum atomic E-state index is 13.9. The monoisotopic (exact) mass is 682 g/mol. The number of thiocarbonyl (C=S) groups is 1. The van der Waals surface area contributed by atoms with E-state index in [-0.39, 0.29) is 40.8 Å². The van der Waals surface area contributed by atoms with E-state index in [2.05, 4.69) is 0 Å². The molecule has 3 N–H and O–H groups in total. The highest BCUT2D eigenvalue weighted by Crippen LogP contribution is 2.40. The van der Waals surface area contributed by atoms with E-state index in [1.54, 1.807) is 12.1 Å². The number of phenolic OH excluding ortho intramolecular Hbond substituents is 1. The van der Waals surface area contributed by atoms with E-state index in [1.807, 2.05) is 6.92 Å². The minimum absolute atomic E-state index is 0.00388. The lowest BCUT2D eigenvalue weighted by Crippen LogP contribution is -2.45. The van der Waals surface area contributed by atoms with Gasteiger partial charge in [-0.3, -0.25) is 9.59 Å². The van der Waals surface area contributed by atoms with Gasteiger partial charge in [-0.2, -0.15) is 13.2 Å². The molecule has 0 unspecified atom stereocenters. The first-order chi connectivity index (χ1) is 22.8. The second-order valence-corrected chi connectivity index (χ2v) is 11.6. The number of ether oxygens (including phenoxy) is 1. The SMILES string of the molecule is CCCc1c(OCC/C=C\C=C\[C@@H](c2c(C(=O)O)oc3c(c2=O)=CCC(=S)C=3)[C@@H](O)c2ccccc2C(F)(F)F)ccc(C(C)=O)c1O. The summed E-state index contributed by atoms with van der Waals surface area (Å²) in [4.78, 5) is 38.2. The Balaban J connectivity index is 1.68. The lowest BCUT2D eigenvalue weighted by Gasteiger charge is -2.24. The average molecular weight is 683 g/mol. The van der Waals surface area contributed by atoms with Crippen LogP contribution in [-0.4, -0.2) is 38.5 Å². The van der Waals surface area contributed by atoms with Gasteiger partial charge in [0.2, 0.25) is 5.76 Å². The number of aromatic carboxylic acids is 1. The van der Waals surface area contributed by atoms with E-state index in [9.17, 15) is 42.9 Å². The molecule has 0 fully saturated rings. The number of phenols is 1. The predicted molar refractivity (Wildman–Crippen MR) is 177 cm³/mol. The molecule has 252 valence electrons. The molecule has 48 heavy (non-hydrogen) atoms. The van der Waals surface area contributed by atoms with E-state index >= 15 is 0 Å². The molecule has 0 radical (unpaired) electrons. The normalized spacial score (nSPS) is 14.3. The number of carboxylic acids is 1. The molecule has 4 rings (SSSR count). The molecular weight excluding hydrogens is 649 g/mol. The molecule has 1 aliphatic rings. The lowest BCUT2D eigenvalue weighted by molar-refractivity contribution is -0.139. The molecule has 0 aliphatic heterocycles. The first-order valence-corrected chi connectivity index (χ1v) is 15.5. The van der Waals surface area contributed by atoms with Gasteiger partial charge in [0.05, 0.1) is 34.6 Å². The van der Waals surface area contributed by atoms with Gasteiger partial charge in [-0.05, 0) is 49.6 Å². The van der Waals surface area contributed by atoms with Crippen LogP contribution in [0.2, 0.25) is 0 Å². The number of aromatic hydroxyl groups is 1. The number of alkyl halides is 3. The number of carbonyl (C=O) groups excluding carboxylic acids is 1. The fraction of sp³-hybridized carbons (Fsp3) is 0.278. The Labute approximate surface area is 278 Å². The van der Waals surface area contributed by atoms with Crippen LogP contribution in [0.3, 0.4) is 0 Å². The average Bonchev–Trinajstić information content (AvgIpc) is 3.03.